The Morgan fingerprint density at radius 1 is 1.26 bits per heavy atom. The van der Waals surface area contributed by atoms with Crippen molar-refractivity contribution in [1.82, 2.24) is 5.32 Å². The number of aliphatic carboxylic acids is 1. The van der Waals surface area contributed by atoms with E-state index >= 15 is 0 Å². The van der Waals surface area contributed by atoms with Crippen molar-refractivity contribution in [2.24, 2.45) is 16.7 Å². The van der Waals surface area contributed by atoms with Crippen LogP contribution in [0.25, 0.3) is 0 Å². The van der Waals surface area contributed by atoms with E-state index in [1.54, 1.807) is 0 Å². The van der Waals surface area contributed by atoms with Crippen LogP contribution in [0.15, 0.2) is 0 Å². The third-order valence-corrected chi connectivity index (χ3v) is 4.00. The van der Waals surface area contributed by atoms with Gasteiger partial charge in [-0.1, -0.05) is 27.7 Å². The van der Waals surface area contributed by atoms with Crippen LogP contribution < -0.4 is 5.32 Å². The van der Waals surface area contributed by atoms with Crippen LogP contribution >= 0.6 is 0 Å². The van der Waals surface area contributed by atoms with E-state index in [9.17, 15) is 14.7 Å². The van der Waals surface area contributed by atoms with Gasteiger partial charge in [0.15, 0.2) is 0 Å². The average Bonchev–Trinajstić information content (AvgIpc) is 2.26. The summed E-state index contributed by atoms with van der Waals surface area (Å²) in [5.41, 5.74) is -0.818. The monoisotopic (exact) mass is 269 g/mol. The molecule has 1 amide bonds. The van der Waals surface area contributed by atoms with Crippen molar-refractivity contribution in [3.05, 3.63) is 0 Å². The highest BCUT2D eigenvalue weighted by Gasteiger charge is 2.41. The van der Waals surface area contributed by atoms with Crippen molar-refractivity contribution < 1.29 is 14.7 Å². The van der Waals surface area contributed by atoms with E-state index in [0.717, 1.165) is 12.8 Å². The molecule has 1 aliphatic carbocycles. The number of carboxylic acids is 1. The molecule has 4 heteroatoms. The summed E-state index contributed by atoms with van der Waals surface area (Å²) in [7, 11) is 0. The Labute approximate surface area is 116 Å². The molecule has 1 saturated carbocycles. The van der Waals surface area contributed by atoms with Gasteiger partial charge in [0.25, 0.3) is 0 Å². The van der Waals surface area contributed by atoms with E-state index in [2.05, 4.69) is 12.2 Å². The number of carboxylic acid groups (broad SMARTS) is 1. The van der Waals surface area contributed by atoms with Gasteiger partial charge in [0.05, 0.1) is 5.41 Å². The van der Waals surface area contributed by atoms with Gasteiger partial charge >= 0.3 is 5.97 Å². The molecule has 0 unspecified atom stereocenters. The maximum Gasteiger partial charge on any atom is 0.311 e. The molecule has 0 saturated heterocycles. The zero-order valence-corrected chi connectivity index (χ0v) is 12.6. The molecular formula is C15H27NO3. The Bertz CT molecular complexity index is 336. The summed E-state index contributed by atoms with van der Waals surface area (Å²) in [6.45, 7) is 8.43. The second kappa shape index (κ2) is 5.93. The van der Waals surface area contributed by atoms with Crippen molar-refractivity contribution in [2.75, 3.05) is 6.54 Å². The normalized spacial score (nSPS) is 27.9. The summed E-state index contributed by atoms with van der Waals surface area (Å²) in [6.07, 6.45) is 3.63. The molecule has 1 aliphatic rings. The average molecular weight is 269 g/mol. The van der Waals surface area contributed by atoms with E-state index in [1.165, 1.54) is 0 Å². The molecule has 0 aromatic carbocycles. The summed E-state index contributed by atoms with van der Waals surface area (Å²) in [4.78, 5) is 23.4. The molecule has 110 valence electrons. The van der Waals surface area contributed by atoms with Crippen LogP contribution in [-0.4, -0.2) is 23.5 Å². The lowest BCUT2D eigenvalue weighted by molar-refractivity contribution is -0.151. The number of carbonyl (C=O) groups is 2. The Morgan fingerprint density at radius 3 is 2.21 bits per heavy atom. The van der Waals surface area contributed by atoms with Crippen molar-refractivity contribution in [3.63, 3.8) is 0 Å². The molecule has 2 N–H and O–H groups in total. The Kier molecular flexibility index (Phi) is 4.99. The van der Waals surface area contributed by atoms with Crippen LogP contribution in [0.1, 0.15) is 59.8 Å². The van der Waals surface area contributed by atoms with E-state index in [1.807, 2.05) is 20.8 Å². The minimum atomic E-state index is -0.768. The summed E-state index contributed by atoms with van der Waals surface area (Å²) in [6, 6.07) is 0. The fourth-order valence-electron chi connectivity index (χ4n) is 2.59. The molecule has 1 rings (SSSR count). The van der Waals surface area contributed by atoms with E-state index in [-0.39, 0.29) is 17.9 Å². The second-order valence-electron chi connectivity index (χ2n) is 7.28. The van der Waals surface area contributed by atoms with E-state index < -0.39 is 11.4 Å². The standard InChI is InChI=1S/C15H27NO3/c1-11-5-7-15(8-6-11,13(18)19)10-16-12(17)9-14(2,3)4/h11H,5-10H2,1-4H3,(H,16,17)(H,18,19). The first-order valence-electron chi connectivity index (χ1n) is 7.15. The molecule has 0 atom stereocenters. The van der Waals surface area contributed by atoms with Gasteiger partial charge < -0.3 is 10.4 Å². The highest BCUT2D eigenvalue weighted by Crippen LogP contribution is 2.38. The summed E-state index contributed by atoms with van der Waals surface area (Å²) < 4.78 is 0. The molecule has 0 bridgehead atoms. The van der Waals surface area contributed by atoms with Crippen LogP contribution in [0, 0.1) is 16.7 Å². The SMILES string of the molecule is CC1CCC(CNC(=O)CC(C)(C)C)(C(=O)O)CC1. The summed E-state index contributed by atoms with van der Waals surface area (Å²) in [5.74, 6) is -0.222. The molecule has 0 spiro atoms. The molecule has 0 aromatic heterocycles. The van der Waals surface area contributed by atoms with E-state index in [0.29, 0.717) is 25.2 Å². The van der Waals surface area contributed by atoms with Crippen LogP contribution in [0.3, 0.4) is 0 Å². The number of nitrogens with one attached hydrogen (secondary N) is 1. The lowest BCUT2D eigenvalue weighted by atomic mass is 9.70. The number of hydrogen-bond donors (Lipinski definition) is 2. The maximum absolute atomic E-state index is 11.8. The van der Waals surface area contributed by atoms with Gasteiger partial charge in [0.2, 0.25) is 5.91 Å². The first kappa shape index (κ1) is 16.0. The molecule has 0 aromatic rings. The predicted molar refractivity (Wildman–Crippen MR) is 74.8 cm³/mol. The zero-order chi connectivity index (χ0) is 14.7. The lowest BCUT2D eigenvalue weighted by Crippen LogP contribution is -2.45. The minimum absolute atomic E-state index is 0.0493. The van der Waals surface area contributed by atoms with Gasteiger partial charge in [0.1, 0.15) is 0 Å². The number of carbonyl (C=O) groups excluding carboxylic acids is 1. The minimum Gasteiger partial charge on any atom is -0.481 e. The number of amides is 1. The third-order valence-electron chi connectivity index (χ3n) is 4.00. The number of rotatable bonds is 4. The van der Waals surface area contributed by atoms with Crippen LogP contribution in [0.5, 0.6) is 0 Å². The molecule has 19 heavy (non-hydrogen) atoms. The zero-order valence-electron chi connectivity index (χ0n) is 12.6. The molecule has 4 nitrogen and oxygen atoms in total. The van der Waals surface area contributed by atoms with Crippen LogP contribution in [-0.2, 0) is 9.59 Å². The topological polar surface area (TPSA) is 66.4 Å². The smallest absolute Gasteiger partial charge is 0.311 e. The van der Waals surface area contributed by atoms with Gasteiger partial charge in [0, 0.05) is 13.0 Å². The molecule has 0 radical (unpaired) electrons. The highest BCUT2D eigenvalue weighted by atomic mass is 16.4. The Hall–Kier alpha value is -1.06. The van der Waals surface area contributed by atoms with Gasteiger partial charge in [-0.3, -0.25) is 9.59 Å². The van der Waals surface area contributed by atoms with Crippen molar-refractivity contribution >= 4 is 11.9 Å². The first-order chi connectivity index (χ1) is 8.65. The summed E-state index contributed by atoms with van der Waals surface area (Å²) >= 11 is 0. The van der Waals surface area contributed by atoms with Crippen molar-refractivity contribution in [1.29, 1.82) is 0 Å². The van der Waals surface area contributed by atoms with Crippen molar-refractivity contribution in [2.45, 2.75) is 59.8 Å². The van der Waals surface area contributed by atoms with E-state index in [4.69, 9.17) is 0 Å². The van der Waals surface area contributed by atoms with Gasteiger partial charge in [-0.15, -0.1) is 0 Å². The fraction of sp³-hybridized carbons (Fsp3) is 0.867. The lowest BCUT2D eigenvalue weighted by Gasteiger charge is -2.36. The molecule has 1 fully saturated rings. The van der Waals surface area contributed by atoms with Crippen LogP contribution in [0.2, 0.25) is 0 Å². The molecule has 0 heterocycles. The second-order valence-corrected chi connectivity index (χ2v) is 7.28. The van der Waals surface area contributed by atoms with Gasteiger partial charge in [-0.2, -0.15) is 0 Å². The van der Waals surface area contributed by atoms with Gasteiger partial charge in [-0.25, -0.2) is 0 Å². The highest BCUT2D eigenvalue weighted by molar-refractivity contribution is 5.79. The Morgan fingerprint density at radius 2 is 1.79 bits per heavy atom. The maximum atomic E-state index is 11.8. The summed E-state index contributed by atoms with van der Waals surface area (Å²) in [5, 5.41) is 12.3. The third kappa shape index (κ3) is 4.84. The fourth-order valence-corrected chi connectivity index (χ4v) is 2.59. The molecule has 0 aliphatic heterocycles. The largest absolute Gasteiger partial charge is 0.481 e. The van der Waals surface area contributed by atoms with Gasteiger partial charge in [-0.05, 0) is 37.0 Å². The first-order valence-corrected chi connectivity index (χ1v) is 7.15. The number of hydrogen-bond acceptors (Lipinski definition) is 2. The molecular weight excluding hydrogens is 242 g/mol. The Balaban J connectivity index is 2.56. The predicted octanol–water partition coefficient (Wildman–Crippen LogP) is 2.82. The van der Waals surface area contributed by atoms with Crippen molar-refractivity contribution in [3.8, 4) is 0 Å². The van der Waals surface area contributed by atoms with Crippen LogP contribution in [0.4, 0.5) is 0 Å². The quantitative estimate of drug-likeness (QED) is 0.824.